The number of piperidine rings is 1. The number of nitrogens with zero attached hydrogens (tertiary/aromatic N) is 3. The number of para-hydroxylation sites is 1. The Hall–Kier alpha value is -2.92. The number of likely N-dealkylation sites (tertiary alicyclic amines) is 1. The Labute approximate surface area is 178 Å². The van der Waals surface area contributed by atoms with E-state index in [1.165, 1.54) is 10.5 Å². The first kappa shape index (κ1) is 20.4. The normalized spacial score (nSPS) is 18.5. The number of likely N-dealkylation sites (N-methyl/N-ethyl adjacent to an activating group) is 1. The highest BCUT2D eigenvalue weighted by molar-refractivity contribution is 6.45. The summed E-state index contributed by atoms with van der Waals surface area (Å²) in [5.74, 6) is -0.481. The second kappa shape index (κ2) is 8.07. The van der Waals surface area contributed by atoms with Crippen molar-refractivity contribution >= 4 is 23.1 Å². The highest BCUT2D eigenvalue weighted by atomic mass is 16.2. The highest BCUT2D eigenvalue weighted by Crippen LogP contribution is 2.36. The number of rotatable bonds is 4. The second-order valence-corrected chi connectivity index (χ2v) is 8.45. The van der Waals surface area contributed by atoms with Crippen LogP contribution < -0.4 is 4.90 Å². The van der Waals surface area contributed by atoms with Crippen LogP contribution in [0.2, 0.25) is 0 Å². The van der Waals surface area contributed by atoms with Gasteiger partial charge in [0, 0.05) is 13.1 Å². The lowest BCUT2D eigenvalue weighted by Gasteiger charge is -2.36. The van der Waals surface area contributed by atoms with Crippen molar-refractivity contribution in [3.8, 4) is 0 Å². The van der Waals surface area contributed by atoms with Gasteiger partial charge in [-0.2, -0.15) is 0 Å². The molecule has 2 aromatic carbocycles. The maximum absolute atomic E-state index is 13.6. The number of benzene rings is 2. The average Bonchev–Trinajstić information content (AvgIpc) is 3.01. The molecule has 0 spiro atoms. The van der Waals surface area contributed by atoms with Crippen LogP contribution in [0.3, 0.4) is 0 Å². The number of aryl methyl sites for hydroxylation is 2. The summed E-state index contributed by atoms with van der Waals surface area (Å²) in [6.45, 7) is 6.07. The molecular weight excluding hydrogens is 374 g/mol. The van der Waals surface area contributed by atoms with E-state index in [0.29, 0.717) is 17.0 Å². The lowest BCUT2D eigenvalue weighted by molar-refractivity contribution is -0.120. The van der Waals surface area contributed by atoms with Crippen LogP contribution in [0.4, 0.5) is 5.69 Å². The molecule has 5 heteroatoms. The maximum Gasteiger partial charge on any atom is 0.282 e. The van der Waals surface area contributed by atoms with Crippen LogP contribution in [0.15, 0.2) is 54.2 Å². The second-order valence-electron chi connectivity index (χ2n) is 8.45. The number of carbonyl (C=O) groups excluding carboxylic acids is 2. The average molecular weight is 404 g/mol. The predicted molar refractivity (Wildman–Crippen MR) is 120 cm³/mol. The molecule has 0 unspecified atom stereocenters. The minimum atomic E-state index is -0.246. The van der Waals surface area contributed by atoms with E-state index in [1.54, 1.807) is 0 Å². The van der Waals surface area contributed by atoms with Gasteiger partial charge in [-0.05, 0) is 75.6 Å². The van der Waals surface area contributed by atoms with Gasteiger partial charge in [0.05, 0.1) is 11.3 Å². The molecule has 156 valence electrons. The lowest BCUT2D eigenvalue weighted by Crippen LogP contribution is -2.43. The van der Waals surface area contributed by atoms with Gasteiger partial charge in [-0.15, -0.1) is 0 Å². The van der Waals surface area contributed by atoms with E-state index >= 15 is 0 Å². The zero-order valence-electron chi connectivity index (χ0n) is 18.2. The molecule has 4 rings (SSSR count). The zero-order chi connectivity index (χ0) is 21.4. The first-order valence-electron chi connectivity index (χ1n) is 10.6. The minimum absolute atomic E-state index is 0.235. The summed E-state index contributed by atoms with van der Waals surface area (Å²) in [6, 6.07) is 15.5. The van der Waals surface area contributed by atoms with Gasteiger partial charge in [-0.3, -0.25) is 9.59 Å². The van der Waals surface area contributed by atoms with E-state index in [2.05, 4.69) is 23.8 Å². The van der Waals surface area contributed by atoms with E-state index in [-0.39, 0.29) is 17.9 Å². The minimum Gasteiger partial charge on any atom is -0.366 e. The number of anilines is 1. The van der Waals surface area contributed by atoms with Gasteiger partial charge in [0.25, 0.3) is 11.8 Å². The van der Waals surface area contributed by atoms with E-state index in [0.717, 1.165) is 37.1 Å². The van der Waals surface area contributed by atoms with Gasteiger partial charge in [-0.25, -0.2) is 4.90 Å². The zero-order valence-corrected chi connectivity index (χ0v) is 18.2. The molecule has 0 saturated carbocycles. The Balaban J connectivity index is 1.81. The smallest absolute Gasteiger partial charge is 0.282 e. The largest absolute Gasteiger partial charge is 0.366 e. The number of amides is 2. The third-order valence-electron chi connectivity index (χ3n) is 6.46. The molecule has 2 amide bonds. The fourth-order valence-electron chi connectivity index (χ4n) is 4.38. The van der Waals surface area contributed by atoms with Gasteiger partial charge < -0.3 is 9.80 Å². The summed E-state index contributed by atoms with van der Waals surface area (Å²) >= 11 is 0. The number of imide groups is 1. The Morgan fingerprint density at radius 1 is 0.900 bits per heavy atom. The van der Waals surface area contributed by atoms with Gasteiger partial charge in [0.1, 0.15) is 5.70 Å². The van der Waals surface area contributed by atoms with Crippen LogP contribution in [0.1, 0.15) is 29.5 Å². The topological polar surface area (TPSA) is 43.9 Å². The summed E-state index contributed by atoms with van der Waals surface area (Å²) in [4.78, 5) is 32.9. The molecule has 5 nitrogen and oxygen atoms in total. The molecule has 0 bridgehead atoms. The van der Waals surface area contributed by atoms with Crippen molar-refractivity contribution < 1.29 is 9.59 Å². The lowest BCUT2D eigenvalue weighted by atomic mass is 9.97. The van der Waals surface area contributed by atoms with Crippen molar-refractivity contribution in [3.63, 3.8) is 0 Å². The van der Waals surface area contributed by atoms with Crippen molar-refractivity contribution in [2.45, 2.75) is 32.7 Å². The van der Waals surface area contributed by atoms with Crippen molar-refractivity contribution in [3.05, 3.63) is 70.9 Å². The third kappa shape index (κ3) is 3.54. The fraction of sp³-hybridized carbons (Fsp3) is 0.360. The number of hydrogen-bond acceptors (Lipinski definition) is 4. The van der Waals surface area contributed by atoms with Crippen molar-refractivity contribution in [2.75, 3.05) is 32.1 Å². The van der Waals surface area contributed by atoms with Gasteiger partial charge in [0.2, 0.25) is 0 Å². The van der Waals surface area contributed by atoms with Crippen molar-refractivity contribution in [2.24, 2.45) is 0 Å². The van der Waals surface area contributed by atoms with Crippen LogP contribution in [0, 0.1) is 13.8 Å². The monoisotopic (exact) mass is 403 g/mol. The van der Waals surface area contributed by atoms with Crippen LogP contribution in [0.5, 0.6) is 0 Å². The number of hydrogen-bond donors (Lipinski definition) is 0. The molecular formula is C25H29N3O2. The SMILES string of the molecule is Cc1ccc(C2=C(N(C)C3CCN(C)CC3)C(=O)N(c3ccccc3)C2=O)cc1C. The van der Waals surface area contributed by atoms with E-state index in [1.807, 2.05) is 62.5 Å². The Kier molecular flexibility index (Phi) is 5.48. The molecule has 30 heavy (non-hydrogen) atoms. The Morgan fingerprint density at radius 2 is 1.57 bits per heavy atom. The van der Waals surface area contributed by atoms with Crippen molar-refractivity contribution in [1.29, 1.82) is 0 Å². The van der Waals surface area contributed by atoms with Crippen LogP contribution in [0.25, 0.3) is 5.57 Å². The molecule has 0 atom stereocenters. The number of carbonyl (C=O) groups is 2. The summed E-state index contributed by atoms with van der Waals surface area (Å²) < 4.78 is 0. The van der Waals surface area contributed by atoms with Gasteiger partial charge in [0.15, 0.2) is 0 Å². The molecule has 2 aliphatic rings. The molecule has 2 aromatic rings. The first-order chi connectivity index (χ1) is 14.4. The first-order valence-corrected chi connectivity index (χ1v) is 10.6. The van der Waals surface area contributed by atoms with Crippen molar-refractivity contribution in [1.82, 2.24) is 9.80 Å². The fourth-order valence-corrected chi connectivity index (χ4v) is 4.38. The predicted octanol–water partition coefficient (Wildman–Crippen LogP) is 3.61. The van der Waals surface area contributed by atoms with Crippen LogP contribution >= 0.6 is 0 Å². The Bertz CT molecular complexity index is 1000. The molecule has 0 aromatic heterocycles. The van der Waals surface area contributed by atoms with E-state index < -0.39 is 0 Å². The molecule has 1 fully saturated rings. The molecule has 1 saturated heterocycles. The molecule has 0 N–H and O–H groups in total. The van der Waals surface area contributed by atoms with E-state index in [9.17, 15) is 9.59 Å². The van der Waals surface area contributed by atoms with Gasteiger partial charge >= 0.3 is 0 Å². The summed E-state index contributed by atoms with van der Waals surface area (Å²) in [7, 11) is 4.09. The Morgan fingerprint density at radius 3 is 2.20 bits per heavy atom. The highest BCUT2D eigenvalue weighted by Gasteiger charge is 2.43. The summed E-state index contributed by atoms with van der Waals surface area (Å²) in [5, 5.41) is 0. The molecule has 0 aliphatic carbocycles. The standard InChI is InChI=1S/C25H29N3O2/c1-17-10-11-19(16-18(17)2)22-23(27(4)20-12-14-26(3)15-13-20)25(30)28(24(22)29)21-8-6-5-7-9-21/h5-11,16,20H,12-15H2,1-4H3. The van der Waals surface area contributed by atoms with Crippen LogP contribution in [-0.4, -0.2) is 54.8 Å². The van der Waals surface area contributed by atoms with Gasteiger partial charge in [-0.1, -0.05) is 36.4 Å². The molecule has 2 aliphatic heterocycles. The molecule has 0 radical (unpaired) electrons. The summed E-state index contributed by atoms with van der Waals surface area (Å²) in [5.41, 5.74) is 4.72. The quantitative estimate of drug-likeness (QED) is 0.732. The van der Waals surface area contributed by atoms with Crippen LogP contribution in [-0.2, 0) is 9.59 Å². The third-order valence-corrected chi connectivity index (χ3v) is 6.46. The molecule has 2 heterocycles. The summed E-state index contributed by atoms with van der Waals surface area (Å²) in [6.07, 6.45) is 1.95. The van der Waals surface area contributed by atoms with E-state index in [4.69, 9.17) is 0 Å². The maximum atomic E-state index is 13.6.